The molecule has 1 aromatic rings. The lowest BCUT2D eigenvalue weighted by molar-refractivity contribution is -0.143. The lowest BCUT2D eigenvalue weighted by Crippen LogP contribution is -2.54. The number of thioether (sulfide) groups is 1. The lowest BCUT2D eigenvalue weighted by atomic mass is 9.98. The van der Waals surface area contributed by atoms with Crippen molar-refractivity contribution in [2.24, 2.45) is 0 Å². The number of carboxylic acids is 1. The lowest BCUT2D eigenvalue weighted by Gasteiger charge is -2.24. The van der Waals surface area contributed by atoms with Crippen LogP contribution >= 0.6 is 11.8 Å². The maximum absolute atomic E-state index is 12.3. The number of rotatable bonds is 5. The van der Waals surface area contributed by atoms with Crippen LogP contribution in [0.4, 0.5) is 0 Å². The van der Waals surface area contributed by atoms with Gasteiger partial charge in [-0.2, -0.15) is 11.8 Å². The molecule has 0 spiro atoms. The van der Waals surface area contributed by atoms with E-state index in [0.717, 1.165) is 11.3 Å². The number of nitrogens with one attached hydrogen (secondary N) is 1. The molecule has 21 heavy (non-hydrogen) atoms. The van der Waals surface area contributed by atoms with E-state index < -0.39 is 28.2 Å². The highest BCUT2D eigenvalue weighted by atomic mass is 32.2. The SMILES string of the molecule is CS(=O)Cc1cccc(C(=O)NC2(C(=O)O)CCSC2)c1. The van der Waals surface area contributed by atoms with Gasteiger partial charge in [0, 0.05) is 34.1 Å². The summed E-state index contributed by atoms with van der Waals surface area (Å²) in [4.78, 5) is 23.7. The molecule has 5 nitrogen and oxygen atoms in total. The summed E-state index contributed by atoms with van der Waals surface area (Å²) in [6.45, 7) is 0. The van der Waals surface area contributed by atoms with Gasteiger partial charge in [0.1, 0.15) is 5.54 Å². The number of aliphatic carboxylic acids is 1. The van der Waals surface area contributed by atoms with Gasteiger partial charge >= 0.3 is 5.97 Å². The molecule has 0 aromatic heterocycles. The Kier molecular flexibility index (Phi) is 5.05. The van der Waals surface area contributed by atoms with E-state index >= 15 is 0 Å². The first kappa shape index (κ1) is 16.0. The van der Waals surface area contributed by atoms with E-state index in [1.807, 2.05) is 0 Å². The minimum atomic E-state index is -1.18. The fourth-order valence-electron chi connectivity index (χ4n) is 2.21. The second-order valence-electron chi connectivity index (χ2n) is 5.06. The van der Waals surface area contributed by atoms with Crippen molar-refractivity contribution in [2.45, 2.75) is 17.7 Å². The molecular weight excluding hydrogens is 310 g/mol. The van der Waals surface area contributed by atoms with Crippen molar-refractivity contribution in [3.05, 3.63) is 35.4 Å². The summed E-state index contributed by atoms with van der Waals surface area (Å²) < 4.78 is 11.2. The van der Waals surface area contributed by atoms with Crippen LogP contribution in [0.1, 0.15) is 22.3 Å². The molecule has 1 saturated heterocycles. The van der Waals surface area contributed by atoms with Crippen LogP contribution in [0.3, 0.4) is 0 Å². The van der Waals surface area contributed by atoms with Gasteiger partial charge in [0.15, 0.2) is 0 Å². The number of hydrogen-bond acceptors (Lipinski definition) is 4. The monoisotopic (exact) mass is 327 g/mol. The molecule has 2 unspecified atom stereocenters. The number of carbonyl (C=O) groups excluding carboxylic acids is 1. The van der Waals surface area contributed by atoms with E-state index in [1.165, 1.54) is 11.8 Å². The molecule has 1 aliphatic rings. The predicted octanol–water partition coefficient (Wildman–Crippen LogP) is 1.26. The van der Waals surface area contributed by atoms with Crippen LogP contribution in [-0.2, 0) is 21.3 Å². The van der Waals surface area contributed by atoms with Crippen LogP contribution in [0.2, 0.25) is 0 Å². The van der Waals surface area contributed by atoms with Crippen molar-refractivity contribution in [1.29, 1.82) is 0 Å². The first-order valence-corrected chi connectivity index (χ1v) is 9.34. The highest BCUT2D eigenvalue weighted by Gasteiger charge is 2.43. The van der Waals surface area contributed by atoms with Crippen molar-refractivity contribution >= 4 is 34.4 Å². The van der Waals surface area contributed by atoms with Crippen LogP contribution in [0, 0.1) is 0 Å². The first-order valence-electron chi connectivity index (χ1n) is 6.45. The van der Waals surface area contributed by atoms with Crippen LogP contribution < -0.4 is 5.32 Å². The second-order valence-corrected chi connectivity index (χ2v) is 7.60. The second kappa shape index (κ2) is 6.62. The molecule has 114 valence electrons. The van der Waals surface area contributed by atoms with Crippen LogP contribution in [-0.4, -0.2) is 44.5 Å². The van der Waals surface area contributed by atoms with Crippen molar-refractivity contribution in [1.82, 2.24) is 5.32 Å². The topological polar surface area (TPSA) is 83.5 Å². The van der Waals surface area contributed by atoms with E-state index in [9.17, 15) is 18.9 Å². The summed E-state index contributed by atoms with van der Waals surface area (Å²) in [5, 5.41) is 12.0. The van der Waals surface area contributed by atoms with Gasteiger partial charge in [-0.1, -0.05) is 12.1 Å². The molecule has 1 aliphatic heterocycles. The predicted molar refractivity (Wildman–Crippen MR) is 84.0 cm³/mol. The summed E-state index contributed by atoms with van der Waals surface area (Å²) >= 11 is 1.52. The quantitative estimate of drug-likeness (QED) is 0.850. The number of amides is 1. The fraction of sp³-hybridized carbons (Fsp3) is 0.429. The zero-order valence-electron chi connectivity index (χ0n) is 11.6. The molecule has 0 bridgehead atoms. The molecule has 2 N–H and O–H groups in total. The number of carboxylic acid groups (broad SMARTS) is 1. The molecule has 0 radical (unpaired) electrons. The van der Waals surface area contributed by atoms with E-state index in [-0.39, 0.29) is 0 Å². The molecule has 1 aromatic carbocycles. The third-order valence-electron chi connectivity index (χ3n) is 3.34. The molecule has 1 fully saturated rings. The zero-order chi connectivity index (χ0) is 15.5. The van der Waals surface area contributed by atoms with Gasteiger partial charge in [-0.3, -0.25) is 9.00 Å². The Balaban J connectivity index is 2.16. The molecule has 0 aliphatic carbocycles. The molecule has 1 heterocycles. The van der Waals surface area contributed by atoms with Gasteiger partial charge in [-0.15, -0.1) is 0 Å². The van der Waals surface area contributed by atoms with Crippen molar-refractivity contribution < 1.29 is 18.9 Å². The highest BCUT2D eigenvalue weighted by Crippen LogP contribution is 2.28. The van der Waals surface area contributed by atoms with Gasteiger partial charge < -0.3 is 10.4 Å². The molecule has 7 heteroatoms. The average molecular weight is 327 g/mol. The Morgan fingerprint density at radius 1 is 1.48 bits per heavy atom. The van der Waals surface area contributed by atoms with Crippen LogP contribution in [0.15, 0.2) is 24.3 Å². The largest absolute Gasteiger partial charge is 0.479 e. The zero-order valence-corrected chi connectivity index (χ0v) is 13.3. The van der Waals surface area contributed by atoms with Gasteiger partial charge in [0.2, 0.25) is 0 Å². The fourth-order valence-corrected chi connectivity index (χ4v) is 4.19. The van der Waals surface area contributed by atoms with E-state index in [4.69, 9.17) is 0 Å². The maximum Gasteiger partial charge on any atom is 0.330 e. The Hall–Kier alpha value is -1.34. The Morgan fingerprint density at radius 3 is 2.81 bits per heavy atom. The summed E-state index contributed by atoms with van der Waals surface area (Å²) in [6, 6.07) is 6.81. The standard InChI is InChI=1S/C14H17NO4S2/c1-21(19)8-10-3-2-4-11(7-10)12(16)15-14(13(17)18)5-6-20-9-14/h2-4,7H,5-6,8-9H2,1H3,(H,15,16)(H,17,18). The van der Waals surface area contributed by atoms with E-state index in [1.54, 1.807) is 30.5 Å². The Labute approximate surface area is 130 Å². The summed E-state index contributed by atoms with van der Waals surface area (Å²) in [7, 11) is -0.987. The maximum atomic E-state index is 12.3. The van der Waals surface area contributed by atoms with Gasteiger partial charge in [0.05, 0.1) is 0 Å². The third kappa shape index (κ3) is 3.85. The number of benzene rings is 1. The van der Waals surface area contributed by atoms with Crippen LogP contribution in [0.5, 0.6) is 0 Å². The summed E-state index contributed by atoms with van der Waals surface area (Å²) in [5.74, 6) is 0.0881. The number of hydrogen-bond donors (Lipinski definition) is 2. The van der Waals surface area contributed by atoms with Crippen molar-refractivity contribution in [3.8, 4) is 0 Å². The van der Waals surface area contributed by atoms with E-state index in [2.05, 4.69) is 5.32 Å². The molecule has 1 amide bonds. The number of carbonyl (C=O) groups is 2. The minimum Gasteiger partial charge on any atom is -0.479 e. The normalized spacial score (nSPS) is 22.7. The van der Waals surface area contributed by atoms with Gasteiger partial charge in [-0.05, 0) is 29.9 Å². The first-order chi connectivity index (χ1) is 9.93. The van der Waals surface area contributed by atoms with Crippen LogP contribution in [0.25, 0.3) is 0 Å². The molecule has 2 atom stereocenters. The van der Waals surface area contributed by atoms with Crippen molar-refractivity contribution in [2.75, 3.05) is 17.8 Å². The van der Waals surface area contributed by atoms with E-state index in [0.29, 0.717) is 23.5 Å². The van der Waals surface area contributed by atoms with Crippen molar-refractivity contribution in [3.63, 3.8) is 0 Å². The Morgan fingerprint density at radius 2 is 2.24 bits per heavy atom. The average Bonchev–Trinajstić information content (AvgIpc) is 2.88. The smallest absolute Gasteiger partial charge is 0.330 e. The summed E-state index contributed by atoms with van der Waals surface area (Å²) in [6.07, 6.45) is 2.03. The third-order valence-corrected chi connectivity index (χ3v) is 5.27. The highest BCUT2D eigenvalue weighted by molar-refractivity contribution is 7.99. The Bertz CT molecular complexity index is 582. The van der Waals surface area contributed by atoms with Gasteiger partial charge in [-0.25, -0.2) is 4.79 Å². The molecular formula is C14H17NO4S2. The molecule has 0 saturated carbocycles. The molecule has 2 rings (SSSR count). The minimum absolute atomic E-state index is 0.376. The van der Waals surface area contributed by atoms with Gasteiger partial charge in [0.25, 0.3) is 5.91 Å². The summed E-state index contributed by atoms with van der Waals surface area (Å²) in [5.41, 5.74) is 0.0230.